The molecular formula is H6AlB2PTi. The number of hydrogen-bond donors (Lipinski definition) is 0. The molecule has 0 aromatic carbocycles. The van der Waals surface area contributed by atoms with Crippen LogP contribution in [0.3, 0.4) is 0 Å². The third-order valence-electron chi connectivity index (χ3n) is 0. The Bertz CT molecular complexity index is 82.8. The van der Waals surface area contributed by atoms with Crippen LogP contribution in [-0.2, 0) is 17.4 Å². The van der Waals surface area contributed by atoms with Crippen molar-refractivity contribution in [3.63, 3.8) is 0 Å². The van der Waals surface area contributed by atoms with Gasteiger partial charge >= 0.3 is 28.1 Å². The molecule has 0 radical (unpaired) electrons. The third-order valence-corrected chi connectivity index (χ3v) is 0. The fourth-order valence-corrected chi connectivity index (χ4v) is 0. The zero-order valence-electron chi connectivity index (χ0n) is 2.36. The van der Waals surface area contributed by atoms with Gasteiger partial charge in [0.15, 0.2) is 17.4 Å². The van der Waals surface area contributed by atoms with Crippen molar-refractivity contribution in [1.29, 1.82) is 0 Å². The van der Waals surface area contributed by atoms with E-state index < -0.39 is 17.4 Å². The molecule has 0 aliphatic carbocycles. The first-order chi connectivity index (χ1) is 1.41. The molecule has 24 valence electrons. The summed E-state index contributed by atoms with van der Waals surface area (Å²) in [6.07, 6.45) is 0. The Balaban J connectivity index is -0.0000000200. The Kier molecular flexibility index (Phi) is 53.9. The van der Waals surface area contributed by atoms with Gasteiger partial charge < -0.3 is 0 Å². The first-order valence-corrected chi connectivity index (χ1v) is 2.38. The van der Waals surface area contributed by atoms with Gasteiger partial charge in [-0.15, -0.1) is 0 Å². The zero-order valence-corrected chi connectivity index (χ0v) is 5.34. The second-order valence-electron chi connectivity index (χ2n) is 0.167. The Hall–Kier alpha value is 1.81. The molecule has 5 heteroatoms. The molecule has 0 bridgehead atoms. The number of hydrogen-bond acceptors (Lipinski definition) is 0. The van der Waals surface area contributed by atoms with Crippen molar-refractivity contribution in [1.82, 2.24) is 0 Å². The summed E-state index contributed by atoms with van der Waals surface area (Å²) in [6, 6.07) is 0. The van der Waals surface area contributed by atoms with Crippen LogP contribution in [-0.4, -0.2) is 28.1 Å². The van der Waals surface area contributed by atoms with Crippen LogP contribution >= 0.6 is 9.90 Å². The summed E-state index contributed by atoms with van der Waals surface area (Å²) in [5.74, 6) is 0. The first kappa shape index (κ1) is 15.8. The molecule has 0 fully saturated rings. The molecular weight excluding hydrogens is 127 g/mol. The average Bonchev–Trinajstić information content (AvgIpc) is 0.918. The second kappa shape index (κ2) is 17.0. The van der Waals surface area contributed by atoms with E-state index in [0.717, 1.165) is 0 Å². The Morgan fingerprint density at radius 2 is 1.20 bits per heavy atom. The van der Waals surface area contributed by atoms with Crippen LogP contribution in [0.1, 0.15) is 0 Å². The first-order valence-electron chi connectivity index (χ1n) is 0.577. The third kappa shape index (κ3) is 25.8. The van der Waals surface area contributed by atoms with E-state index in [1.807, 2.05) is 0 Å². The molecule has 1 unspecified atom stereocenters. The van der Waals surface area contributed by atoms with Crippen LogP contribution in [0.2, 0.25) is 0 Å². The van der Waals surface area contributed by atoms with Crippen LogP contribution in [0.25, 0.3) is 0 Å². The van der Waals surface area contributed by atoms with Gasteiger partial charge in [0.1, 0.15) is 0 Å². The van der Waals surface area contributed by atoms with E-state index in [1.54, 1.807) is 0 Å². The molecule has 0 aliphatic rings. The van der Waals surface area contributed by atoms with E-state index in [4.69, 9.17) is 10.8 Å². The van der Waals surface area contributed by atoms with Crippen LogP contribution in [0, 0.1) is 0 Å². The van der Waals surface area contributed by atoms with Gasteiger partial charge in [-0.2, -0.15) is 9.90 Å². The summed E-state index contributed by atoms with van der Waals surface area (Å²) < 4.78 is 0. The zero-order chi connectivity index (χ0) is 2.71. The van der Waals surface area contributed by atoms with Crippen LogP contribution < -0.4 is 0 Å². The molecule has 0 saturated carbocycles. The molecule has 0 aromatic rings. The molecule has 0 amide bonds. The summed E-state index contributed by atoms with van der Waals surface area (Å²) in [5, 5.41) is 9.50. The Morgan fingerprint density at radius 1 is 1.20 bits per heavy atom. The number of rotatable bonds is 0. The van der Waals surface area contributed by atoms with Crippen molar-refractivity contribution in [2.45, 2.75) is 0 Å². The molecule has 1 atom stereocenters. The van der Waals surface area contributed by atoms with Crippen molar-refractivity contribution < 1.29 is 17.4 Å². The maximum atomic E-state index is 4.75. The van der Waals surface area contributed by atoms with Crippen LogP contribution in [0.5, 0.6) is 0 Å². The second-order valence-corrected chi connectivity index (χ2v) is 0.687. The topological polar surface area (TPSA) is 0 Å². The van der Waals surface area contributed by atoms with Gasteiger partial charge in [0.05, 0.1) is 0 Å². The van der Waals surface area contributed by atoms with Crippen LogP contribution in [0.4, 0.5) is 0 Å². The van der Waals surface area contributed by atoms with Crippen molar-refractivity contribution in [2.24, 2.45) is 0 Å². The molecule has 0 nitrogen and oxygen atoms in total. The Morgan fingerprint density at radius 3 is 1.20 bits per heavy atom. The van der Waals surface area contributed by atoms with Gasteiger partial charge in [0.25, 0.3) is 0 Å². The Labute approximate surface area is 55.2 Å². The molecule has 5 heavy (non-hydrogen) atoms. The molecule has 0 heterocycles. The minimum atomic E-state index is -0.500. The predicted octanol–water partition coefficient (Wildman–Crippen LogP) is -1.89. The van der Waals surface area contributed by atoms with E-state index in [9.17, 15) is 0 Å². The van der Waals surface area contributed by atoms with Gasteiger partial charge in [-0.25, -0.2) is 0 Å². The fraction of sp³-hybridized carbons (Fsp3) is 0. The van der Waals surface area contributed by atoms with Gasteiger partial charge in [0, 0.05) is 0 Å². The molecule has 0 aliphatic heterocycles. The maximum absolute atomic E-state index is 4.75. The molecule has 0 aromatic heterocycles. The summed E-state index contributed by atoms with van der Waals surface area (Å²) in [7, 11) is 0. The molecule has 0 saturated heterocycles. The fourth-order valence-electron chi connectivity index (χ4n) is 0. The quantitative estimate of drug-likeness (QED) is 0.268. The van der Waals surface area contributed by atoms with Crippen LogP contribution in [0.15, 0.2) is 0 Å². The molecule has 0 spiro atoms. The summed E-state index contributed by atoms with van der Waals surface area (Å²) in [4.78, 5) is 0. The van der Waals surface area contributed by atoms with Crippen molar-refractivity contribution >= 4 is 38.0 Å². The van der Waals surface area contributed by atoms with E-state index in [-0.39, 0.29) is 27.3 Å². The average molecular weight is 133 g/mol. The molecule has 0 N–H and O–H groups in total. The normalized spacial score (nSPS) is 4.80. The van der Waals surface area contributed by atoms with Crippen molar-refractivity contribution in [3.8, 4) is 0 Å². The van der Waals surface area contributed by atoms with Crippen molar-refractivity contribution in [2.75, 3.05) is 0 Å². The predicted molar refractivity (Wildman–Crippen MR) is 32.6 cm³/mol. The summed E-state index contributed by atoms with van der Waals surface area (Å²) in [5.41, 5.74) is 0. The van der Waals surface area contributed by atoms with Gasteiger partial charge in [0.2, 0.25) is 0 Å². The van der Waals surface area contributed by atoms with Gasteiger partial charge in [-0.05, 0) is 0 Å². The van der Waals surface area contributed by atoms with Crippen molar-refractivity contribution in [3.05, 3.63) is 0 Å². The minimum absolute atomic E-state index is 0. The molecule has 0 rings (SSSR count). The van der Waals surface area contributed by atoms with E-state index in [1.165, 1.54) is 0 Å². The summed E-state index contributed by atoms with van der Waals surface area (Å²) in [6.45, 7) is 0. The SMILES string of the molecule is P.[AlH3].[B]#[Ti]#[B]. The van der Waals surface area contributed by atoms with E-state index >= 15 is 0 Å². The van der Waals surface area contributed by atoms with E-state index in [0.29, 0.717) is 0 Å². The summed E-state index contributed by atoms with van der Waals surface area (Å²) >= 11 is -0.500. The van der Waals surface area contributed by atoms with E-state index in [2.05, 4.69) is 0 Å². The van der Waals surface area contributed by atoms with Gasteiger partial charge in [-0.3, -0.25) is 0 Å². The van der Waals surface area contributed by atoms with Gasteiger partial charge in [-0.1, -0.05) is 0 Å². The standard InChI is InChI=1S/Al.2B.H3P.Ti.3H/h;;;1H3;;;;. The monoisotopic (exact) mass is 134 g/mol.